The summed E-state index contributed by atoms with van der Waals surface area (Å²) in [4.78, 5) is 0. The molecule has 1 aliphatic carbocycles. The van der Waals surface area contributed by atoms with Crippen LogP contribution in [0.4, 0.5) is 5.69 Å². The van der Waals surface area contributed by atoms with Crippen molar-refractivity contribution in [1.29, 1.82) is 0 Å². The number of allylic oxidation sites excluding steroid dienone is 2. The molecule has 4 rings (SSSR count). The van der Waals surface area contributed by atoms with Gasteiger partial charge in [0, 0.05) is 0 Å². The topological polar surface area (TPSA) is 12.0 Å². The van der Waals surface area contributed by atoms with Gasteiger partial charge >= 0.3 is 167 Å². The van der Waals surface area contributed by atoms with Crippen LogP contribution in [0.3, 0.4) is 0 Å². The van der Waals surface area contributed by atoms with Crippen molar-refractivity contribution in [2.75, 3.05) is 3.53 Å². The molecule has 1 N–H and O–H groups in total. The molecule has 132 valence electrons. The van der Waals surface area contributed by atoms with Crippen LogP contribution < -0.4 is 25.0 Å². The van der Waals surface area contributed by atoms with Gasteiger partial charge in [0.1, 0.15) is 0 Å². The molecule has 0 aromatic heterocycles. The Hall–Kier alpha value is -2.07. The Bertz CT molecular complexity index is 884. The van der Waals surface area contributed by atoms with Crippen molar-refractivity contribution in [3.05, 3.63) is 99.6 Å². The first kappa shape index (κ1) is 17.3. The zero-order valence-corrected chi connectivity index (χ0v) is 16.9. The maximum atomic E-state index is 3.77. The van der Waals surface area contributed by atoms with Crippen molar-refractivity contribution >= 4 is 16.8 Å². The fraction of sp³-hybridized carbons (Fsp3) is 0.167. The van der Waals surface area contributed by atoms with Gasteiger partial charge in [-0.3, -0.25) is 0 Å². The van der Waals surface area contributed by atoms with E-state index in [4.69, 9.17) is 0 Å². The standard InChI is InChI=1S/C24H23IN/c1-3-11-19(12-4-1)21-15-7-8-16-22(21)23-17-9-10-18-24(23)26-25-20-13-5-2-6-14-20/h1-6,9-14,17-18,26H,7-8,15-16H2/q-1. The Kier molecular flexibility index (Phi) is 5.70. The van der Waals surface area contributed by atoms with Crippen LogP contribution in [-0.4, -0.2) is 0 Å². The van der Waals surface area contributed by atoms with Gasteiger partial charge in [0.2, 0.25) is 0 Å². The van der Waals surface area contributed by atoms with Crippen molar-refractivity contribution in [3.8, 4) is 0 Å². The van der Waals surface area contributed by atoms with E-state index >= 15 is 0 Å². The zero-order valence-electron chi connectivity index (χ0n) is 14.8. The second-order valence-electron chi connectivity index (χ2n) is 6.56. The first-order valence-corrected chi connectivity index (χ1v) is 11.4. The van der Waals surface area contributed by atoms with Gasteiger partial charge in [-0.25, -0.2) is 0 Å². The fourth-order valence-corrected chi connectivity index (χ4v) is 5.42. The molecule has 0 radical (unpaired) electrons. The van der Waals surface area contributed by atoms with Gasteiger partial charge in [-0.2, -0.15) is 0 Å². The molecule has 0 saturated heterocycles. The molecule has 0 amide bonds. The summed E-state index contributed by atoms with van der Waals surface area (Å²) in [6.07, 6.45) is 4.93. The predicted octanol–water partition coefficient (Wildman–Crippen LogP) is 3.46. The molecule has 1 nitrogen and oxygen atoms in total. The van der Waals surface area contributed by atoms with Gasteiger partial charge < -0.3 is 0 Å². The number of hydrogen-bond acceptors (Lipinski definition) is 1. The molecule has 1 aliphatic rings. The van der Waals surface area contributed by atoms with Crippen LogP contribution >= 0.6 is 0 Å². The molecule has 0 saturated carbocycles. The quantitative estimate of drug-likeness (QED) is 0.462. The van der Waals surface area contributed by atoms with Gasteiger partial charge in [0.05, 0.1) is 0 Å². The van der Waals surface area contributed by atoms with Gasteiger partial charge in [0.25, 0.3) is 0 Å². The normalized spacial score (nSPS) is 14.5. The van der Waals surface area contributed by atoms with Gasteiger partial charge in [-0.1, -0.05) is 0 Å². The van der Waals surface area contributed by atoms with Crippen molar-refractivity contribution in [1.82, 2.24) is 0 Å². The summed E-state index contributed by atoms with van der Waals surface area (Å²) >= 11 is -0.234. The summed E-state index contributed by atoms with van der Waals surface area (Å²) in [6, 6.07) is 30.5. The number of halogens is 1. The molecule has 0 aliphatic heterocycles. The Morgan fingerprint density at radius 1 is 0.615 bits per heavy atom. The molecule has 0 bridgehead atoms. The van der Waals surface area contributed by atoms with Crippen molar-refractivity contribution in [2.45, 2.75) is 25.7 Å². The monoisotopic (exact) mass is 452 g/mol. The van der Waals surface area contributed by atoms with Gasteiger partial charge in [-0.15, -0.1) is 0 Å². The van der Waals surface area contributed by atoms with Crippen LogP contribution in [0.5, 0.6) is 0 Å². The molecular formula is C24H23IN-. The SMILES string of the molecule is c1ccc([I-]Nc2ccccc2C2=C(c3ccccc3)CCCC2)cc1. The van der Waals surface area contributed by atoms with E-state index in [0.29, 0.717) is 0 Å². The zero-order chi connectivity index (χ0) is 17.6. The fourth-order valence-electron chi connectivity index (χ4n) is 3.57. The second kappa shape index (κ2) is 8.54. The van der Waals surface area contributed by atoms with E-state index in [9.17, 15) is 0 Å². The third-order valence-electron chi connectivity index (χ3n) is 4.83. The van der Waals surface area contributed by atoms with E-state index in [1.165, 1.54) is 57.2 Å². The minimum absolute atomic E-state index is 0.234. The van der Waals surface area contributed by atoms with E-state index in [0.717, 1.165) is 0 Å². The molecular weight excluding hydrogens is 429 g/mol. The molecule has 2 heteroatoms. The number of anilines is 1. The van der Waals surface area contributed by atoms with E-state index in [2.05, 4.69) is 88.5 Å². The van der Waals surface area contributed by atoms with Crippen LogP contribution in [0.1, 0.15) is 36.8 Å². The van der Waals surface area contributed by atoms with E-state index < -0.39 is 0 Å². The van der Waals surface area contributed by atoms with E-state index in [1.807, 2.05) is 0 Å². The Balaban J connectivity index is 1.69. The first-order valence-electron chi connectivity index (χ1n) is 9.23. The van der Waals surface area contributed by atoms with E-state index in [-0.39, 0.29) is 21.5 Å². The van der Waals surface area contributed by atoms with Crippen LogP contribution in [0.25, 0.3) is 11.1 Å². The van der Waals surface area contributed by atoms with Crippen molar-refractivity contribution in [3.63, 3.8) is 0 Å². The van der Waals surface area contributed by atoms with Crippen LogP contribution in [0, 0.1) is 3.57 Å². The maximum absolute atomic E-state index is 3.77. The molecule has 0 heterocycles. The molecule has 0 atom stereocenters. The van der Waals surface area contributed by atoms with Crippen LogP contribution in [0.15, 0.2) is 84.9 Å². The average Bonchev–Trinajstić information content (AvgIpc) is 2.74. The third kappa shape index (κ3) is 4.01. The summed E-state index contributed by atoms with van der Waals surface area (Å²) in [5, 5.41) is 0. The third-order valence-corrected chi connectivity index (χ3v) is 7.03. The Morgan fingerprint density at radius 2 is 1.23 bits per heavy atom. The first-order chi connectivity index (χ1) is 12.9. The number of nitrogens with one attached hydrogen (secondary N) is 1. The van der Waals surface area contributed by atoms with Gasteiger partial charge in [-0.05, 0) is 0 Å². The van der Waals surface area contributed by atoms with Crippen molar-refractivity contribution in [2.24, 2.45) is 0 Å². The molecule has 3 aromatic rings. The van der Waals surface area contributed by atoms with Crippen LogP contribution in [0.2, 0.25) is 0 Å². The number of rotatable bonds is 5. The predicted molar refractivity (Wildman–Crippen MR) is 107 cm³/mol. The number of hydrogen-bond donors (Lipinski definition) is 1. The Labute approximate surface area is 166 Å². The number of para-hydroxylation sites is 1. The molecule has 26 heavy (non-hydrogen) atoms. The molecule has 0 spiro atoms. The minimum atomic E-state index is -0.234. The average molecular weight is 452 g/mol. The Morgan fingerprint density at radius 3 is 2.00 bits per heavy atom. The summed E-state index contributed by atoms with van der Waals surface area (Å²) in [5.41, 5.74) is 7.12. The molecule has 0 unspecified atom stereocenters. The summed E-state index contributed by atoms with van der Waals surface area (Å²) in [5.74, 6) is 0. The summed E-state index contributed by atoms with van der Waals surface area (Å²) < 4.78 is 5.19. The number of benzene rings is 3. The second-order valence-corrected chi connectivity index (χ2v) is 8.88. The van der Waals surface area contributed by atoms with E-state index in [1.54, 1.807) is 0 Å². The summed E-state index contributed by atoms with van der Waals surface area (Å²) in [6.45, 7) is 0. The van der Waals surface area contributed by atoms with Gasteiger partial charge in [0.15, 0.2) is 0 Å². The molecule has 3 aromatic carbocycles. The summed E-state index contributed by atoms with van der Waals surface area (Å²) in [7, 11) is 0. The molecule has 0 fully saturated rings. The van der Waals surface area contributed by atoms with Crippen molar-refractivity contribution < 1.29 is 21.5 Å². The van der Waals surface area contributed by atoms with Crippen LogP contribution in [-0.2, 0) is 0 Å².